The van der Waals surface area contributed by atoms with Crippen LogP contribution in [0.3, 0.4) is 0 Å². The fourth-order valence-electron chi connectivity index (χ4n) is 2.41. The SMILES string of the molecule is CC(C)C(=O)C(C)(C)C1CCCNC1. The van der Waals surface area contributed by atoms with Crippen molar-refractivity contribution >= 4 is 5.78 Å². The molecule has 0 radical (unpaired) electrons. The molecule has 1 saturated heterocycles. The Hall–Kier alpha value is -0.370. The highest BCUT2D eigenvalue weighted by Gasteiger charge is 2.37. The summed E-state index contributed by atoms with van der Waals surface area (Å²) in [7, 11) is 0. The first-order chi connectivity index (χ1) is 6.46. The molecule has 0 amide bonds. The third-order valence-electron chi connectivity index (χ3n) is 3.48. The van der Waals surface area contributed by atoms with Gasteiger partial charge in [0, 0.05) is 11.3 Å². The van der Waals surface area contributed by atoms with Crippen LogP contribution in [0.5, 0.6) is 0 Å². The van der Waals surface area contributed by atoms with Crippen molar-refractivity contribution in [1.82, 2.24) is 5.32 Å². The van der Waals surface area contributed by atoms with Crippen LogP contribution < -0.4 is 5.32 Å². The van der Waals surface area contributed by atoms with Crippen LogP contribution in [-0.4, -0.2) is 18.9 Å². The summed E-state index contributed by atoms with van der Waals surface area (Å²) >= 11 is 0. The van der Waals surface area contributed by atoms with E-state index in [1.54, 1.807) is 0 Å². The number of ketones is 1. The molecule has 1 unspecified atom stereocenters. The van der Waals surface area contributed by atoms with Crippen molar-refractivity contribution in [3.8, 4) is 0 Å². The monoisotopic (exact) mass is 197 g/mol. The third kappa shape index (κ3) is 2.35. The first kappa shape index (κ1) is 11.7. The van der Waals surface area contributed by atoms with Crippen molar-refractivity contribution in [2.75, 3.05) is 13.1 Å². The van der Waals surface area contributed by atoms with Crippen LogP contribution in [0.2, 0.25) is 0 Å². The van der Waals surface area contributed by atoms with Gasteiger partial charge in [-0.05, 0) is 31.8 Å². The standard InChI is InChI=1S/C12H23NO/c1-9(2)11(14)12(3,4)10-6-5-7-13-8-10/h9-10,13H,5-8H2,1-4H3. The Kier molecular flexibility index (Phi) is 3.71. The molecular weight excluding hydrogens is 174 g/mol. The summed E-state index contributed by atoms with van der Waals surface area (Å²) in [5.74, 6) is 1.09. The predicted molar refractivity (Wildman–Crippen MR) is 59.2 cm³/mol. The Morgan fingerprint density at radius 2 is 2.07 bits per heavy atom. The molecule has 1 fully saturated rings. The van der Waals surface area contributed by atoms with E-state index < -0.39 is 0 Å². The topological polar surface area (TPSA) is 29.1 Å². The van der Waals surface area contributed by atoms with Gasteiger partial charge in [-0.15, -0.1) is 0 Å². The van der Waals surface area contributed by atoms with Gasteiger partial charge in [0.1, 0.15) is 5.78 Å². The molecule has 82 valence electrons. The summed E-state index contributed by atoms with van der Waals surface area (Å²) in [4.78, 5) is 12.0. The lowest BCUT2D eigenvalue weighted by atomic mass is 9.69. The van der Waals surface area contributed by atoms with Gasteiger partial charge in [0.2, 0.25) is 0 Å². The second-order valence-electron chi connectivity index (χ2n) is 5.28. The van der Waals surface area contributed by atoms with Gasteiger partial charge < -0.3 is 5.32 Å². The molecule has 0 spiro atoms. The van der Waals surface area contributed by atoms with Crippen LogP contribution in [0.1, 0.15) is 40.5 Å². The summed E-state index contributed by atoms with van der Waals surface area (Å²) < 4.78 is 0. The number of nitrogens with one attached hydrogen (secondary N) is 1. The predicted octanol–water partition coefficient (Wildman–Crippen LogP) is 2.24. The maximum absolute atomic E-state index is 12.0. The lowest BCUT2D eigenvalue weighted by Gasteiger charge is -2.37. The molecule has 0 aromatic carbocycles. The molecule has 0 saturated carbocycles. The van der Waals surface area contributed by atoms with E-state index in [1.807, 2.05) is 13.8 Å². The Bertz CT molecular complexity index is 202. The van der Waals surface area contributed by atoms with Crippen LogP contribution >= 0.6 is 0 Å². The highest BCUT2D eigenvalue weighted by molar-refractivity contribution is 5.86. The van der Waals surface area contributed by atoms with Gasteiger partial charge in [-0.1, -0.05) is 27.7 Å². The van der Waals surface area contributed by atoms with Crippen LogP contribution in [0.15, 0.2) is 0 Å². The molecule has 0 aromatic rings. The summed E-state index contributed by atoms with van der Waals surface area (Å²) in [5.41, 5.74) is -0.151. The molecule has 1 aliphatic rings. The number of Topliss-reactive ketones (excluding diaryl/α,β-unsaturated/α-hetero) is 1. The Morgan fingerprint density at radius 1 is 1.43 bits per heavy atom. The lowest BCUT2D eigenvalue weighted by molar-refractivity contribution is -0.133. The van der Waals surface area contributed by atoms with Crippen molar-refractivity contribution in [2.45, 2.75) is 40.5 Å². The van der Waals surface area contributed by atoms with E-state index in [9.17, 15) is 4.79 Å². The molecule has 1 aliphatic heterocycles. The highest BCUT2D eigenvalue weighted by atomic mass is 16.1. The van der Waals surface area contributed by atoms with Crippen LogP contribution in [-0.2, 0) is 4.79 Å². The molecule has 1 N–H and O–H groups in total. The van der Waals surface area contributed by atoms with Crippen LogP contribution in [0.25, 0.3) is 0 Å². The summed E-state index contributed by atoms with van der Waals surface area (Å²) in [6.07, 6.45) is 2.40. The third-order valence-corrected chi connectivity index (χ3v) is 3.48. The summed E-state index contributed by atoms with van der Waals surface area (Å²) in [6, 6.07) is 0. The van der Waals surface area contributed by atoms with E-state index in [4.69, 9.17) is 0 Å². The molecule has 1 heterocycles. The molecule has 0 aliphatic carbocycles. The van der Waals surface area contributed by atoms with E-state index in [0.717, 1.165) is 13.1 Å². The molecule has 2 nitrogen and oxygen atoms in total. The summed E-state index contributed by atoms with van der Waals surface area (Å²) in [5, 5.41) is 3.38. The molecule has 2 heteroatoms. The number of carbonyl (C=O) groups is 1. The van der Waals surface area contributed by atoms with Crippen molar-refractivity contribution in [2.24, 2.45) is 17.3 Å². The number of carbonyl (C=O) groups excluding carboxylic acids is 1. The Labute approximate surface area is 87.5 Å². The minimum Gasteiger partial charge on any atom is -0.316 e. The van der Waals surface area contributed by atoms with E-state index in [2.05, 4.69) is 19.2 Å². The molecule has 1 rings (SSSR count). The maximum Gasteiger partial charge on any atom is 0.141 e. The summed E-state index contributed by atoms with van der Waals surface area (Å²) in [6.45, 7) is 10.3. The molecule has 14 heavy (non-hydrogen) atoms. The maximum atomic E-state index is 12.0. The molecule has 1 atom stereocenters. The minimum absolute atomic E-state index is 0.151. The van der Waals surface area contributed by atoms with Gasteiger partial charge in [-0.3, -0.25) is 4.79 Å². The van der Waals surface area contributed by atoms with E-state index >= 15 is 0 Å². The molecule has 0 bridgehead atoms. The average molecular weight is 197 g/mol. The van der Waals surface area contributed by atoms with Crippen LogP contribution in [0.4, 0.5) is 0 Å². The second-order valence-corrected chi connectivity index (χ2v) is 5.28. The average Bonchev–Trinajstić information content (AvgIpc) is 2.18. The van der Waals surface area contributed by atoms with E-state index in [-0.39, 0.29) is 11.3 Å². The van der Waals surface area contributed by atoms with Gasteiger partial charge in [0.25, 0.3) is 0 Å². The second kappa shape index (κ2) is 4.43. The van der Waals surface area contributed by atoms with E-state index in [0.29, 0.717) is 11.7 Å². The van der Waals surface area contributed by atoms with Crippen molar-refractivity contribution < 1.29 is 4.79 Å². The lowest BCUT2D eigenvalue weighted by Crippen LogP contribution is -2.43. The van der Waals surface area contributed by atoms with Crippen molar-refractivity contribution in [3.63, 3.8) is 0 Å². The fourth-order valence-corrected chi connectivity index (χ4v) is 2.41. The zero-order chi connectivity index (χ0) is 10.8. The quantitative estimate of drug-likeness (QED) is 0.751. The van der Waals surface area contributed by atoms with E-state index in [1.165, 1.54) is 12.8 Å². The number of piperidine rings is 1. The smallest absolute Gasteiger partial charge is 0.141 e. The number of hydrogen-bond acceptors (Lipinski definition) is 2. The number of hydrogen-bond donors (Lipinski definition) is 1. The normalized spacial score (nSPS) is 23.9. The zero-order valence-electron chi connectivity index (χ0n) is 9.89. The first-order valence-corrected chi connectivity index (χ1v) is 5.71. The van der Waals surface area contributed by atoms with Gasteiger partial charge in [-0.25, -0.2) is 0 Å². The van der Waals surface area contributed by atoms with Crippen molar-refractivity contribution in [1.29, 1.82) is 0 Å². The zero-order valence-corrected chi connectivity index (χ0v) is 9.89. The molecular formula is C12H23NO. The van der Waals surface area contributed by atoms with Crippen molar-refractivity contribution in [3.05, 3.63) is 0 Å². The number of rotatable bonds is 3. The first-order valence-electron chi connectivity index (χ1n) is 5.71. The van der Waals surface area contributed by atoms with Gasteiger partial charge in [0.15, 0.2) is 0 Å². The van der Waals surface area contributed by atoms with Gasteiger partial charge >= 0.3 is 0 Å². The highest BCUT2D eigenvalue weighted by Crippen LogP contribution is 2.34. The van der Waals surface area contributed by atoms with Crippen LogP contribution in [0, 0.1) is 17.3 Å². The fraction of sp³-hybridized carbons (Fsp3) is 0.917. The minimum atomic E-state index is -0.151. The largest absolute Gasteiger partial charge is 0.316 e. The molecule has 0 aromatic heterocycles. The van der Waals surface area contributed by atoms with Gasteiger partial charge in [0.05, 0.1) is 0 Å². The Morgan fingerprint density at radius 3 is 2.50 bits per heavy atom. The Balaban J connectivity index is 2.66. The van der Waals surface area contributed by atoms with Gasteiger partial charge in [-0.2, -0.15) is 0 Å².